The highest BCUT2D eigenvalue weighted by Crippen LogP contribution is 2.41. The second-order valence-electron chi connectivity index (χ2n) is 23.7. The lowest BCUT2D eigenvalue weighted by Crippen LogP contribution is -2.48. The molecule has 1 unspecified atom stereocenters. The van der Waals surface area contributed by atoms with Gasteiger partial charge in [0.25, 0.3) is 11.5 Å². The van der Waals surface area contributed by atoms with Gasteiger partial charge in [-0.15, -0.1) is 0 Å². The fraction of sp³-hybridized carbons (Fsp3) is 0.431. The summed E-state index contributed by atoms with van der Waals surface area (Å²) in [5, 5.41) is 24.2. The zero-order valence-corrected chi connectivity index (χ0v) is 58.1. The molecule has 94 heavy (non-hydrogen) atoms. The van der Waals surface area contributed by atoms with E-state index in [1.165, 1.54) is 40.6 Å². The Labute approximate surface area is 556 Å². The number of nitrogens with zero attached hydrogens (tertiary/aromatic N) is 8. The van der Waals surface area contributed by atoms with Crippen molar-refractivity contribution in [2.24, 2.45) is 22.7 Å². The number of carbonyl (C=O) groups is 5. The van der Waals surface area contributed by atoms with Crippen molar-refractivity contribution in [2.75, 3.05) is 49.0 Å². The minimum atomic E-state index is -3.75. The monoisotopic (exact) mass is 1380 g/mol. The number of ether oxygens (including phenoxy) is 4. The van der Waals surface area contributed by atoms with Crippen LogP contribution in [0.2, 0.25) is 10.0 Å². The summed E-state index contributed by atoms with van der Waals surface area (Å²) in [6.45, 7) is 24.4. The Balaban J connectivity index is 0.000000180. The number of oxime groups is 1. The van der Waals surface area contributed by atoms with Crippen molar-refractivity contribution in [3.05, 3.63) is 138 Å². The van der Waals surface area contributed by atoms with Gasteiger partial charge in [-0.25, -0.2) is 41.4 Å². The Morgan fingerprint density at radius 3 is 2.04 bits per heavy atom. The van der Waals surface area contributed by atoms with Gasteiger partial charge in [0.05, 0.1) is 83.7 Å². The first-order valence-electron chi connectivity index (χ1n) is 30.3. The smallest absolute Gasteiger partial charge is 0.354 e. The number of amides is 1. The van der Waals surface area contributed by atoms with Crippen LogP contribution in [0.3, 0.4) is 0 Å². The van der Waals surface area contributed by atoms with E-state index in [1.54, 1.807) is 93.4 Å². The van der Waals surface area contributed by atoms with E-state index in [2.05, 4.69) is 53.0 Å². The zero-order valence-electron chi connectivity index (χ0n) is 55.0. The molecule has 0 bridgehead atoms. The molecule has 25 nitrogen and oxygen atoms in total. The number of halogens is 2. The average molecular weight is 1380 g/mol. The number of aryl methyl sites for hydroxylation is 4. The first kappa shape index (κ1) is 73.0. The number of hydrazone groups is 1. The number of hydrogen-bond acceptors (Lipinski definition) is 20. The lowest BCUT2D eigenvalue weighted by atomic mass is 9.91. The van der Waals surface area contributed by atoms with Gasteiger partial charge in [0, 0.05) is 48.3 Å². The second-order valence-corrected chi connectivity index (χ2v) is 28.1. The molecule has 4 aliphatic rings. The lowest BCUT2D eigenvalue weighted by Gasteiger charge is -2.32. The van der Waals surface area contributed by atoms with Crippen LogP contribution in [-0.4, -0.2) is 137 Å². The van der Waals surface area contributed by atoms with Crippen LogP contribution < -0.4 is 20.0 Å². The average Bonchev–Trinajstić information content (AvgIpc) is 1.49. The van der Waals surface area contributed by atoms with Crippen LogP contribution in [0.4, 0.5) is 11.4 Å². The highest BCUT2D eigenvalue weighted by Gasteiger charge is 2.50. The predicted molar refractivity (Wildman–Crippen MR) is 356 cm³/mol. The molecule has 0 saturated heterocycles. The number of anilines is 2. The number of ketones is 1. The number of sulfone groups is 1. The minimum Gasteiger partial charge on any atom is -0.493 e. The van der Waals surface area contributed by atoms with E-state index in [9.17, 15) is 50.7 Å². The van der Waals surface area contributed by atoms with Crippen molar-refractivity contribution < 1.29 is 69.7 Å². The van der Waals surface area contributed by atoms with Gasteiger partial charge >= 0.3 is 28.1 Å². The number of aromatic hydroxyl groups is 1. The third-order valence-electron chi connectivity index (χ3n) is 15.3. The van der Waals surface area contributed by atoms with E-state index in [0.29, 0.717) is 94.6 Å². The summed E-state index contributed by atoms with van der Waals surface area (Å²) in [5.74, 6) is -2.26. The molecule has 1 amide bonds. The Bertz CT molecular complexity index is 4260. The number of esters is 3. The van der Waals surface area contributed by atoms with Crippen LogP contribution in [-0.2, 0) is 86.5 Å². The van der Waals surface area contributed by atoms with Crippen LogP contribution in [0.1, 0.15) is 136 Å². The molecule has 6 aromatic rings. The standard InChI is InChI=1S/C23H32N2O4.C16H18Cl2N2O4.C16H17N3O5S.C10H12N2O3S/c1-7-16-13-15(3)14-17(8-2)18(16)19-20(26)24-9-11-28-12-10-25(24)21(19)29-22(27)23(4,5)6;1-4-23-14(21)12-9-16(3,15(22)24-5-2)20(19-12)13-7-6-10(17)8-11(13)18;1-9-10(15(20)11-8-17-19(2)16(11)21)4-5-13(25(3,22)23)14(9)12-6-7-24-18-12;1-7(2)12-10(13)8-5-3-4-6-9(8)11-16(12,14)15/h13-14H,7-12H2,1-6H3;6-8H,4-5,9H2,1-3H3;4-5,8,21H,6-7H2,1-3H3;3-7,11H,1-2H3. The molecule has 4 aliphatic heterocycles. The summed E-state index contributed by atoms with van der Waals surface area (Å²) >= 11 is 12.2. The largest absolute Gasteiger partial charge is 0.493 e. The van der Waals surface area contributed by atoms with Crippen molar-refractivity contribution in [1.82, 2.24) is 23.4 Å². The van der Waals surface area contributed by atoms with Gasteiger partial charge in [0.2, 0.25) is 11.8 Å². The molecule has 2 aromatic heterocycles. The van der Waals surface area contributed by atoms with Crippen molar-refractivity contribution >= 4 is 95.6 Å². The minimum absolute atomic E-state index is 0.0493. The quantitative estimate of drug-likeness (QED) is 0.0757. The van der Waals surface area contributed by atoms with E-state index in [4.69, 9.17) is 47.0 Å². The number of aromatic nitrogens is 4. The highest BCUT2D eigenvalue weighted by molar-refractivity contribution is 7.91. The fourth-order valence-electron chi connectivity index (χ4n) is 10.7. The van der Waals surface area contributed by atoms with E-state index in [-0.39, 0.29) is 58.8 Å². The highest BCUT2D eigenvalue weighted by atomic mass is 35.5. The second kappa shape index (κ2) is 29.9. The maximum absolute atomic E-state index is 13.5. The van der Waals surface area contributed by atoms with E-state index in [1.807, 2.05) is 20.8 Å². The number of hydrogen-bond donors (Lipinski definition) is 2. The first-order valence-corrected chi connectivity index (χ1v) is 34.4. The molecular weight excluding hydrogens is 1300 g/mol. The lowest BCUT2D eigenvalue weighted by molar-refractivity contribution is -0.148. The molecule has 1 atom stereocenters. The summed E-state index contributed by atoms with van der Waals surface area (Å²) in [4.78, 5) is 80.7. The fourth-order valence-corrected chi connectivity index (χ4v) is 13.6. The SMILES string of the molecule is CC(C)N1C(=O)c2ccccc2NS1(=O)=O.CCOC(=O)C1=NN(c2ccc(Cl)cc2Cl)C(C)(C(=O)OCC)C1.CCc1cc(C)cc(CC)c1-c1c(OC(=O)C(C)(C)C)n2n(c1=O)CCOCC2.Cc1c(C(=O)c2cnn(C)c2O)ccc(S(C)(=O)=O)c1C1=NOCC1. The number of nitrogens with one attached hydrogen (secondary N) is 1. The third kappa shape index (κ3) is 15.7. The number of rotatable bonds is 14. The Morgan fingerprint density at radius 2 is 1.49 bits per heavy atom. The van der Waals surface area contributed by atoms with Gasteiger partial charge in [-0.1, -0.05) is 72.0 Å². The van der Waals surface area contributed by atoms with Gasteiger partial charge in [0.1, 0.15) is 23.4 Å². The maximum atomic E-state index is 13.5. The van der Waals surface area contributed by atoms with E-state index >= 15 is 0 Å². The predicted octanol–water partition coefficient (Wildman–Crippen LogP) is 9.58. The summed E-state index contributed by atoms with van der Waals surface area (Å²) in [7, 11) is -5.75. The molecule has 0 spiro atoms. The van der Waals surface area contributed by atoms with Gasteiger partial charge in [0.15, 0.2) is 21.2 Å². The van der Waals surface area contributed by atoms with Gasteiger partial charge in [-0.2, -0.15) is 18.6 Å². The number of benzene rings is 4. The molecule has 10 rings (SSSR count). The first-order chi connectivity index (χ1) is 44.2. The van der Waals surface area contributed by atoms with Crippen LogP contribution in [0.15, 0.2) is 92.9 Å². The summed E-state index contributed by atoms with van der Waals surface area (Å²) < 4.78 is 77.3. The van der Waals surface area contributed by atoms with Crippen molar-refractivity contribution in [2.45, 2.75) is 138 Å². The molecule has 2 N–H and O–H groups in total. The molecule has 506 valence electrons. The van der Waals surface area contributed by atoms with Crippen molar-refractivity contribution in [3.63, 3.8) is 0 Å². The van der Waals surface area contributed by atoms with Crippen LogP contribution in [0, 0.1) is 19.3 Å². The molecule has 0 aliphatic carbocycles. The summed E-state index contributed by atoms with van der Waals surface area (Å²) in [5.41, 5.74) is 5.77. The summed E-state index contributed by atoms with van der Waals surface area (Å²) in [6.07, 6.45) is 4.49. The van der Waals surface area contributed by atoms with E-state index in [0.717, 1.165) is 40.1 Å². The number of para-hydroxylation sites is 1. The molecule has 4 aromatic carbocycles. The molecule has 0 fully saturated rings. The van der Waals surface area contributed by atoms with Crippen molar-refractivity contribution in [1.29, 1.82) is 0 Å². The third-order valence-corrected chi connectivity index (χ3v) is 18.6. The number of fused-ring (bicyclic) bond motifs is 2. The Kier molecular flexibility index (Phi) is 23.3. The molecule has 29 heteroatoms. The topological polar surface area (TPSA) is 308 Å². The summed E-state index contributed by atoms with van der Waals surface area (Å²) in [6, 6.07) is 18.1. The van der Waals surface area contributed by atoms with Crippen LogP contribution in [0.5, 0.6) is 11.8 Å². The molecular formula is C65H79Cl2N9O16S2. The van der Waals surface area contributed by atoms with Gasteiger partial charge in [-0.05, 0) is 147 Å². The Morgan fingerprint density at radius 1 is 0.851 bits per heavy atom. The Hall–Kier alpha value is -8.37. The zero-order chi connectivity index (χ0) is 69.5. The van der Waals surface area contributed by atoms with Crippen molar-refractivity contribution in [3.8, 4) is 22.9 Å². The van der Waals surface area contributed by atoms with Crippen LogP contribution in [0.25, 0.3) is 11.1 Å². The normalized spacial score (nSPS) is 16.4. The maximum Gasteiger partial charge on any atom is 0.354 e. The number of carbonyl (C=O) groups excluding carboxylic acids is 5. The van der Waals surface area contributed by atoms with Gasteiger partial charge < -0.3 is 28.9 Å². The van der Waals surface area contributed by atoms with E-state index < -0.39 is 60.7 Å². The molecule has 6 heterocycles. The molecule has 0 radical (unpaired) electrons. The van der Waals surface area contributed by atoms with Crippen LogP contribution >= 0.6 is 23.2 Å². The molecule has 0 saturated carbocycles. The van der Waals surface area contributed by atoms with Gasteiger partial charge in [-0.3, -0.25) is 23.9 Å².